The molecule has 0 aliphatic heterocycles. The number of fused-ring (bicyclic) bond motifs is 1. The molecule has 0 amide bonds. The Hall–Kier alpha value is -1.19. The summed E-state index contributed by atoms with van der Waals surface area (Å²) in [7, 11) is 0. The Balaban J connectivity index is 1.83. The Morgan fingerprint density at radius 3 is 2.80 bits per heavy atom. The second-order valence-corrected chi connectivity index (χ2v) is 6.38. The van der Waals surface area contributed by atoms with Gasteiger partial charge in [0.25, 0.3) is 0 Å². The summed E-state index contributed by atoms with van der Waals surface area (Å²) in [6.07, 6.45) is 2.76. The van der Waals surface area contributed by atoms with Gasteiger partial charge in [0.15, 0.2) is 0 Å². The van der Waals surface area contributed by atoms with Crippen molar-refractivity contribution >= 4 is 15.9 Å². The molecule has 2 aromatic rings. The number of benzene rings is 2. The molecule has 3 rings (SSSR count). The summed E-state index contributed by atoms with van der Waals surface area (Å²) in [6, 6.07) is 13.6. The Kier molecular flexibility index (Phi) is 3.90. The zero-order chi connectivity index (χ0) is 14.1. The van der Waals surface area contributed by atoms with Gasteiger partial charge in [-0.25, -0.2) is 4.39 Å². The molecule has 0 saturated heterocycles. The number of halogens is 2. The summed E-state index contributed by atoms with van der Waals surface area (Å²) in [5.74, 6) is 0.158. The van der Waals surface area contributed by atoms with Crippen molar-refractivity contribution in [2.45, 2.75) is 25.3 Å². The molecule has 0 saturated carbocycles. The van der Waals surface area contributed by atoms with Crippen LogP contribution in [0.2, 0.25) is 0 Å². The van der Waals surface area contributed by atoms with Crippen molar-refractivity contribution in [1.29, 1.82) is 0 Å². The Morgan fingerprint density at radius 2 is 2.00 bits per heavy atom. The van der Waals surface area contributed by atoms with Crippen LogP contribution >= 0.6 is 15.9 Å². The van der Waals surface area contributed by atoms with Gasteiger partial charge in [0.1, 0.15) is 5.82 Å². The normalized spacial score (nSPS) is 21.6. The average Bonchev–Trinajstić information content (AvgIpc) is 2.45. The summed E-state index contributed by atoms with van der Waals surface area (Å²) in [6.45, 7) is 0. The van der Waals surface area contributed by atoms with Crippen molar-refractivity contribution in [3.05, 3.63) is 69.4 Å². The van der Waals surface area contributed by atoms with E-state index in [-0.39, 0.29) is 11.9 Å². The van der Waals surface area contributed by atoms with Crippen LogP contribution < -0.4 is 5.73 Å². The molecule has 0 bridgehead atoms. The molecule has 2 N–H and O–H groups in total. The average molecular weight is 334 g/mol. The van der Waals surface area contributed by atoms with Gasteiger partial charge in [0, 0.05) is 10.5 Å². The molecule has 1 aliphatic carbocycles. The van der Waals surface area contributed by atoms with Crippen LogP contribution in [0.1, 0.15) is 29.2 Å². The highest BCUT2D eigenvalue weighted by molar-refractivity contribution is 9.10. The first kappa shape index (κ1) is 13.8. The molecule has 1 aliphatic rings. The highest BCUT2D eigenvalue weighted by atomic mass is 79.9. The van der Waals surface area contributed by atoms with Gasteiger partial charge in [-0.1, -0.05) is 46.3 Å². The lowest BCUT2D eigenvalue weighted by molar-refractivity contribution is 0.371. The largest absolute Gasteiger partial charge is 0.324 e. The molecule has 0 radical (unpaired) electrons. The maximum atomic E-state index is 14.0. The quantitative estimate of drug-likeness (QED) is 0.866. The fraction of sp³-hybridized carbons (Fsp3) is 0.294. The van der Waals surface area contributed by atoms with Gasteiger partial charge < -0.3 is 5.73 Å². The monoisotopic (exact) mass is 333 g/mol. The lowest BCUT2D eigenvalue weighted by atomic mass is 9.77. The van der Waals surface area contributed by atoms with Crippen molar-refractivity contribution < 1.29 is 4.39 Å². The van der Waals surface area contributed by atoms with Crippen LogP contribution in [0.3, 0.4) is 0 Å². The van der Waals surface area contributed by atoms with Crippen LogP contribution in [0.5, 0.6) is 0 Å². The smallest absolute Gasteiger partial charge is 0.127 e. The predicted molar refractivity (Wildman–Crippen MR) is 83.0 cm³/mol. The maximum absolute atomic E-state index is 14.0. The predicted octanol–water partition coefficient (Wildman–Crippen LogP) is 4.39. The van der Waals surface area contributed by atoms with Crippen molar-refractivity contribution in [2.75, 3.05) is 0 Å². The lowest BCUT2D eigenvalue weighted by Gasteiger charge is -2.31. The fourth-order valence-corrected chi connectivity index (χ4v) is 3.39. The van der Waals surface area contributed by atoms with Gasteiger partial charge in [-0.15, -0.1) is 0 Å². The lowest BCUT2D eigenvalue weighted by Crippen LogP contribution is -2.29. The molecule has 0 fully saturated rings. The van der Waals surface area contributed by atoms with E-state index in [1.807, 2.05) is 18.2 Å². The maximum Gasteiger partial charge on any atom is 0.127 e. The summed E-state index contributed by atoms with van der Waals surface area (Å²) in [5.41, 5.74) is 9.71. The van der Waals surface area contributed by atoms with Crippen LogP contribution in [0.25, 0.3) is 0 Å². The summed E-state index contributed by atoms with van der Waals surface area (Å²) < 4.78 is 14.7. The van der Waals surface area contributed by atoms with Crippen molar-refractivity contribution in [3.8, 4) is 0 Å². The van der Waals surface area contributed by atoms with E-state index in [1.54, 1.807) is 0 Å². The van der Waals surface area contributed by atoms with Crippen LogP contribution in [0.4, 0.5) is 4.39 Å². The van der Waals surface area contributed by atoms with Crippen LogP contribution in [-0.2, 0) is 12.8 Å². The number of hydrogen-bond acceptors (Lipinski definition) is 1. The Labute approximate surface area is 127 Å². The molecule has 2 aromatic carbocycles. The minimum Gasteiger partial charge on any atom is -0.324 e. The number of nitrogens with two attached hydrogens (primary N) is 1. The molecule has 20 heavy (non-hydrogen) atoms. The van der Waals surface area contributed by atoms with E-state index in [0.29, 0.717) is 12.3 Å². The minimum atomic E-state index is -0.148. The van der Waals surface area contributed by atoms with E-state index in [9.17, 15) is 4.39 Å². The van der Waals surface area contributed by atoms with E-state index >= 15 is 0 Å². The molecule has 2 unspecified atom stereocenters. The second-order valence-electron chi connectivity index (χ2n) is 5.46. The van der Waals surface area contributed by atoms with Gasteiger partial charge in [0.2, 0.25) is 0 Å². The molecule has 1 nitrogen and oxygen atoms in total. The molecular formula is C17H17BrFN. The first-order chi connectivity index (χ1) is 9.65. The molecular weight excluding hydrogens is 317 g/mol. The molecule has 104 valence electrons. The Bertz CT molecular complexity index is 626. The highest BCUT2D eigenvalue weighted by Gasteiger charge is 2.27. The zero-order valence-corrected chi connectivity index (χ0v) is 12.7. The van der Waals surface area contributed by atoms with Gasteiger partial charge in [-0.3, -0.25) is 0 Å². The van der Waals surface area contributed by atoms with E-state index < -0.39 is 0 Å². The van der Waals surface area contributed by atoms with Crippen LogP contribution in [0, 0.1) is 11.7 Å². The molecule has 0 heterocycles. The van der Waals surface area contributed by atoms with Gasteiger partial charge in [0.05, 0.1) is 0 Å². The topological polar surface area (TPSA) is 26.0 Å². The van der Waals surface area contributed by atoms with Crippen molar-refractivity contribution in [3.63, 3.8) is 0 Å². The Morgan fingerprint density at radius 1 is 1.20 bits per heavy atom. The molecule has 3 heteroatoms. The summed E-state index contributed by atoms with van der Waals surface area (Å²) >= 11 is 3.29. The summed E-state index contributed by atoms with van der Waals surface area (Å²) in [5, 5.41) is 0. The minimum absolute atomic E-state index is 0.00277. The highest BCUT2D eigenvalue weighted by Crippen LogP contribution is 2.35. The number of rotatable bonds is 2. The first-order valence-corrected chi connectivity index (χ1v) is 7.72. The first-order valence-electron chi connectivity index (χ1n) is 6.92. The third-order valence-corrected chi connectivity index (χ3v) is 4.70. The molecule has 0 aromatic heterocycles. The van der Waals surface area contributed by atoms with Gasteiger partial charge >= 0.3 is 0 Å². The second kappa shape index (κ2) is 5.66. The summed E-state index contributed by atoms with van der Waals surface area (Å²) in [4.78, 5) is 0. The van der Waals surface area contributed by atoms with Crippen molar-refractivity contribution in [2.24, 2.45) is 11.7 Å². The van der Waals surface area contributed by atoms with Crippen LogP contribution in [-0.4, -0.2) is 0 Å². The SMILES string of the molecule is NC1c2ccccc2CCC1Cc1ccc(Br)cc1F. The zero-order valence-electron chi connectivity index (χ0n) is 11.2. The number of aryl methyl sites for hydroxylation is 1. The van der Waals surface area contributed by atoms with Gasteiger partial charge in [-0.05, 0) is 54.0 Å². The van der Waals surface area contributed by atoms with E-state index in [0.717, 1.165) is 22.9 Å². The third kappa shape index (κ3) is 2.65. The fourth-order valence-electron chi connectivity index (χ4n) is 3.06. The van der Waals surface area contributed by atoms with Crippen molar-refractivity contribution in [1.82, 2.24) is 0 Å². The van der Waals surface area contributed by atoms with Gasteiger partial charge in [-0.2, -0.15) is 0 Å². The van der Waals surface area contributed by atoms with E-state index in [1.165, 1.54) is 17.2 Å². The van der Waals surface area contributed by atoms with Crippen LogP contribution in [0.15, 0.2) is 46.9 Å². The molecule has 2 atom stereocenters. The van der Waals surface area contributed by atoms with E-state index in [4.69, 9.17) is 5.73 Å². The standard InChI is InChI=1S/C17H17BrFN/c18-14-8-7-12(16(19)10-14)9-13-6-5-11-3-1-2-4-15(11)17(13)20/h1-4,7-8,10,13,17H,5-6,9,20H2. The third-order valence-electron chi connectivity index (χ3n) is 4.20. The number of hydrogen-bond donors (Lipinski definition) is 1. The molecule has 0 spiro atoms. The van der Waals surface area contributed by atoms with E-state index in [2.05, 4.69) is 34.1 Å².